The zero-order valence-electron chi connectivity index (χ0n) is 11.2. The molecule has 1 aromatic rings. The number of aliphatic hydroxyl groups excluding tert-OH is 1. The van der Waals surface area contributed by atoms with Gasteiger partial charge in [-0.1, -0.05) is 0 Å². The molecule has 0 amide bonds. The van der Waals surface area contributed by atoms with Gasteiger partial charge >= 0.3 is 0 Å². The Morgan fingerprint density at radius 3 is 2.56 bits per heavy atom. The molecular formula is C14H21NO3. The first-order valence-corrected chi connectivity index (χ1v) is 6.31. The lowest BCUT2D eigenvalue weighted by Crippen LogP contribution is -2.29. The van der Waals surface area contributed by atoms with Gasteiger partial charge in [0.25, 0.3) is 0 Å². The summed E-state index contributed by atoms with van der Waals surface area (Å²) in [6.07, 6.45) is 1.53. The largest absolute Gasteiger partial charge is 0.496 e. The third-order valence-corrected chi connectivity index (χ3v) is 3.55. The molecule has 1 heterocycles. The van der Waals surface area contributed by atoms with Crippen molar-refractivity contribution < 1.29 is 14.6 Å². The van der Waals surface area contributed by atoms with Crippen LogP contribution in [0.1, 0.15) is 30.1 Å². The molecule has 0 aliphatic carbocycles. The van der Waals surface area contributed by atoms with Gasteiger partial charge in [0.1, 0.15) is 11.5 Å². The van der Waals surface area contributed by atoms with Gasteiger partial charge in [0.2, 0.25) is 0 Å². The molecule has 1 aliphatic heterocycles. The minimum absolute atomic E-state index is 0.103. The van der Waals surface area contributed by atoms with Gasteiger partial charge in [0.05, 0.1) is 20.3 Å². The Bertz CT molecular complexity index is 414. The maximum absolute atomic E-state index is 10.4. The number of benzene rings is 1. The van der Waals surface area contributed by atoms with Crippen molar-refractivity contribution in [3.8, 4) is 11.5 Å². The molecule has 0 aromatic heterocycles. The fourth-order valence-electron chi connectivity index (χ4n) is 2.50. The molecule has 18 heavy (non-hydrogen) atoms. The van der Waals surface area contributed by atoms with Crippen LogP contribution >= 0.6 is 0 Å². The first-order chi connectivity index (χ1) is 8.67. The Hall–Kier alpha value is -1.26. The van der Waals surface area contributed by atoms with Crippen LogP contribution in [0.15, 0.2) is 12.1 Å². The van der Waals surface area contributed by atoms with Crippen molar-refractivity contribution in [2.45, 2.75) is 31.9 Å². The summed E-state index contributed by atoms with van der Waals surface area (Å²) < 4.78 is 10.7. The molecule has 4 nitrogen and oxygen atoms in total. The van der Waals surface area contributed by atoms with E-state index in [2.05, 4.69) is 5.32 Å². The van der Waals surface area contributed by atoms with Crippen LogP contribution in [0.2, 0.25) is 0 Å². The molecule has 4 heteroatoms. The second-order valence-electron chi connectivity index (χ2n) is 4.71. The maximum atomic E-state index is 10.4. The topological polar surface area (TPSA) is 50.7 Å². The lowest BCUT2D eigenvalue weighted by molar-refractivity contribution is 0.133. The lowest BCUT2D eigenvalue weighted by atomic mass is 9.98. The molecular weight excluding hydrogens is 230 g/mol. The number of nitrogens with one attached hydrogen (secondary N) is 1. The van der Waals surface area contributed by atoms with E-state index >= 15 is 0 Å². The van der Waals surface area contributed by atoms with Gasteiger partial charge in [-0.15, -0.1) is 0 Å². The fraction of sp³-hybridized carbons (Fsp3) is 0.571. The number of aryl methyl sites for hydroxylation is 1. The summed E-state index contributed by atoms with van der Waals surface area (Å²) in [5.74, 6) is 1.50. The number of rotatable bonds is 4. The number of hydrogen-bond donors (Lipinski definition) is 2. The summed E-state index contributed by atoms with van der Waals surface area (Å²) in [6, 6.07) is 3.89. The summed E-state index contributed by atoms with van der Waals surface area (Å²) in [5, 5.41) is 13.8. The third-order valence-electron chi connectivity index (χ3n) is 3.55. The highest BCUT2D eigenvalue weighted by Gasteiger charge is 2.27. The van der Waals surface area contributed by atoms with Crippen molar-refractivity contribution in [2.75, 3.05) is 20.8 Å². The first-order valence-electron chi connectivity index (χ1n) is 6.31. The van der Waals surface area contributed by atoms with Crippen LogP contribution in [-0.2, 0) is 0 Å². The van der Waals surface area contributed by atoms with Crippen molar-refractivity contribution in [3.63, 3.8) is 0 Å². The first kappa shape index (κ1) is 13.2. The van der Waals surface area contributed by atoms with Gasteiger partial charge in [-0.2, -0.15) is 0 Å². The lowest BCUT2D eigenvalue weighted by Gasteiger charge is -2.22. The number of aliphatic hydroxyl groups is 1. The molecule has 2 unspecified atom stereocenters. The molecule has 1 aliphatic rings. The summed E-state index contributed by atoms with van der Waals surface area (Å²) in [7, 11) is 3.26. The number of hydrogen-bond acceptors (Lipinski definition) is 4. The zero-order chi connectivity index (χ0) is 13.1. The minimum atomic E-state index is -0.558. The van der Waals surface area contributed by atoms with E-state index in [1.807, 2.05) is 19.1 Å². The number of methoxy groups -OCH3 is 2. The van der Waals surface area contributed by atoms with Crippen LogP contribution in [0.25, 0.3) is 0 Å². The second-order valence-corrected chi connectivity index (χ2v) is 4.71. The van der Waals surface area contributed by atoms with Crippen molar-refractivity contribution >= 4 is 0 Å². The number of ether oxygens (including phenoxy) is 2. The van der Waals surface area contributed by atoms with E-state index in [1.165, 1.54) is 0 Å². The molecule has 0 radical (unpaired) electrons. The molecule has 2 rings (SSSR count). The van der Waals surface area contributed by atoms with Crippen LogP contribution in [0, 0.1) is 6.92 Å². The van der Waals surface area contributed by atoms with Crippen molar-refractivity contribution in [1.29, 1.82) is 0 Å². The van der Waals surface area contributed by atoms with Crippen molar-refractivity contribution in [3.05, 3.63) is 23.3 Å². The van der Waals surface area contributed by atoms with Gasteiger partial charge in [-0.05, 0) is 44.0 Å². The van der Waals surface area contributed by atoms with Crippen molar-refractivity contribution in [2.24, 2.45) is 0 Å². The smallest absolute Gasteiger partial charge is 0.125 e. The van der Waals surface area contributed by atoms with Gasteiger partial charge in [0.15, 0.2) is 0 Å². The van der Waals surface area contributed by atoms with Crippen LogP contribution in [0.3, 0.4) is 0 Å². The van der Waals surface area contributed by atoms with Crippen molar-refractivity contribution in [1.82, 2.24) is 5.32 Å². The van der Waals surface area contributed by atoms with E-state index in [4.69, 9.17) is 9.47 Å². The van der Waals surface area contributed by atoms with Gasteiger partial charge in [-0.3, -0.25) is 0 Å². The predicted octanol–water partition coefficient (Wildman–Crippen LogP) is 1.80. The predicted molar refractivity (Wildman–Crippen MR) is 70.3 cm³/mol. The molecule has 1 aromatic carbocycles. The van der Waals surface area contributed by atoms with E-state index in [0.717, 1.165) is 42.0 Å². The van der Waals surface area contributed by atoms with Crippen LogP contribution in [0.4, 0.5) is 0 Å². The molecule has 1 fully saturated rings. The van der Waals surface area contributed by atoms with Crippen LogP contribution in [0.5, 0.6) is 11.5 Å². The van der Waals surface area contributed by atoms with E-state index < -0.39 is 6.10 Å². The third kappa shape index (κ3) is 2.44. The van der Waals surface area contributed by atoms with Gasteiger partial charge < -0.3 is 19.9 Å². The summed E-state index contributed by atoms with van der Waals surface area (Å²) in [5.41, 5.74) is 1.80. The Morgan fingerprint density at radius 2 is 2.00 bits per heavy atom. The van der Waals surface area contributed by atoms with Crippen LogP contribution in [-0.4, -0.2) is 31.9 Å². The van der Waals surface area contributed by atoms with E-state index in [-0.39, 0.29) is 6.04 Å². The van der Waals surface area contributed by atoms with E-state index in [9.17, 15) is 5.11 Å². The van der Waals surface area contributed by atoms with Gasteiger partial charge in [-0.25, -0.2) is 0 Å². The average molecular weight is 251 g/mol. The normalized spacial score (nSPS) is 20.8. The van der Waals surface area contributed by atoms with Crippen LogP contribution < -0.4 is 14.8 Å². The molecule has 0 bridgehead atoms. The SMILES string of the molecule is COc1cc(C(O)C2CCCN2)c(OC)cc1C. The van der Waals surface area contributed by atoms with Gasteiger partial charge in [0, 0.05) is 11.6 Å². The Labute approximate surface area is 108 Å². The standard InChI is InChI=1S/C14H21NO3/c1-9-7-13(18-3)10(8-12(9)17-2)14(16)11-5-4-6-15-11/h7-8,11,14-16H,4-6H2,1-3H3. The zero-order valence-corrected chi connectivity index (χ0v) is 11.2. The second kappa shape index (κ2) is 5.59. The maximum Gasteiger partial charge on any atom is 0.125 e. The summed E-state index contributed by atoms with van der Waals surface area (Å²) >= 11 is 0. The average Bonchev–Trinajstić information content (AvgIpc) is 2.91. The Morgan fingerprint density at radius 1 is 1.28 bits per heavy atom. The molecule has 0 saturated carbocycles. The monoisotopic (exact) mass is 251 g/mol. The van der Waals surface area contributed by atoms with E-state index in [1.54, 1.807) is 14.2 Å². The highest BCUT2D eigenvalue weighted by atomic mass is 16.5. The Balaban J connectivity index is 2.34. The minimum Gasteiger partial charge on any atom is -0.496 e. The highest BCUT2D eigenvalue weighted by Crippen LogP contribution is 2.35. The summed E-state index contributed by atoms with van der Waals surface area (Å²) in [4.78, 5) is 0. The molecule has 2 atom stereocenters. The highest BCUT2D eigenvalue weighted by molar-refractivity contribution is 5.47. The molecule has 100 valence electrons. The molecule has 1 saturated heterocycles. The molecule has 2 N–H and O–H groups in total. The summed E-state index contributed by atoms with van der Waals surface area (Å²) in [6.45, 7) is 2.93. The Kier molecular flexibility index (Phi) is 4.09. The van der Waals surface area contributed by atoms with E-state index in [0.29, 0.717) is 0 Å². The molecule has 0 spiro atoms. The quantitative estimate of drug-likeness (QED) is 0.856. The fourth-order valence-corrected chi connectivity index (χ4v) is 2.50.